The molecule has 30 heavy (non-hydrogen) atoms. The van der Waals surface area contributed by atoms with Crippen LogP contribution in [0.1, 0.15) is 67.8 Å². The minimum absolute atomic E-state index is 0.0876. The molecule has 1 aromatic carbocycles. The number of rotatable bonds is 10. The van der Waals surface area contributed by atoms with E-state index in [2.05, 4.69) is 10.6 Å². The highest BCUT2D eigenvalue weighted by molar-refractivity contribution is 6.05. The molecule has 0 saturated carbocycles. The average molecular weight is 415 g/mol. The number of carbonyl (C=O) groups is 4. The van der Waals surface area contributed by atoms with Crippen LogP contribution >= 0.6 is 0 Å². The first-order valence-electron chi connectivity index (χ1n) is 10.7. The number of piperidine rings is 1. The number of nitrogens with zero attached hydrogens (tertiary/aromatic N) is 1. The van der Waals surface area contributed by atoms with E-state index in [4.69, 9.17) is 4.74 Å². The lowest BCUT2D eigenvalue weighted by molar-refractivity contribution is -0.137. The van der Waals surface area contributed by atoms with Crippen molar-refractivity contribution in [1.82, 2.24) is 15.5 Å². The van der Waals surface area contributed by atoms with Gasteiger partial charge in [0.2, 0.25) is 17.7 Å². The fourth-order valence-electron chi connectivity index (χ4n) is 3.76. The van der Waals surface area contributed by atoms with Crippen LogP contribution in [0.4, 0.5) is 0 Å². The standard InChI is InChI=1S/C22H29N3O5/c1-2-19(26)23-11-5-3-4-6-12-30-16-7-8-17-15(13-16)14-25(22(17)29)18-9-10-20(27)24-21(18)28/h7-8,13,18H,2-6,9-12,14H2,1H3,(H,23,26)(H,24,27,28). The fourth-order valence-corrected chi connectivity index (χ4v) is 3.76. The smallest absolute Gasteiger partial charge is 0.255 e. The molecule has 1 fully saturated rings. The van der Waals surface area contributed by atoms with Gasteiger partial charge in [-0.15, -0.1) is 0 Å². The van der Waals surface area contributed by atoms with E-state index in [9.17, 15) is 19.2 Å². The van der Waals surface area contributed by atoms with Crippen molar-refractivity contribution in [2.45, 2.75) is 64.5 Å². The summed E-state index contributed by atoms with van der Waals surface area (Å²) in [6.45, 7) is 3.50. The van der Waals surface area contributed by atoms with E-state index in [0.29, 0.717) is 37.3 Å². The second kappa shape index (κ2) is 10.2. The molecule has 2 N–H and O–H groups in total. The zero-order chi connectivity index (χ0) is 21.5. The predicted molar refractivity (Wildman–Crippen MR) is 110 cm³/mol. The van der Waals surface area contributed by atoms with Crippen LogP contribution in [0.5, 0.6) is 5.75 Å². The minimum Gasteiger partial charge on any atom is -0.494 e. The molecule has 2 heterocycles. The second-order valence-corrected chi connectivity index (χ2v) is 7.69. The minimum atomic E-state index is -0.603. The van der Waals surface area contributed by atoms with E-state index in [1.165, 1.54) is 4.90 Å². The Morgan fingerprint density at radius 3 is 2.77 bits per heavy atom. The van der Waals surface area contributed by atoms with Crippen LogP contribution in [-0.2, 0) is 20.9 Å². The lowest BCUT2D eigenvalue weighted by Gasteiger charge is -2.29. The Labute approximate surface area is 176 Å². The SMILES string of the molecule is CCC(=O)NCCCCCCOc1ccc2c(c1)CN(C1CCC(=O)NC1=O)C2=O. The van der Waals surface area contributed by atoms with Crippen LogP contribution in [0.2, 0.25) is 0 Å². The number of unbranched alkanes of at least 4 members (excludes halogenated alkanes) is 3. The van der Waals surface area contributed by atoms with Crippen LogP contribution in [0.15, 0.2) is 18.2 Å². The molecular formula is C22H29N3O5. The normalized spacial score (nSPS) is 18.2. The van der Waals surface area contributed by atoms with E-state index in [1.807, 2.05) is 13.0 Å². The first kappa shape index (κ1) is 21.8. The monoisotopic (exact) mass is 415 g/mol. The van der Waals surface area contributed by atoms with Gasteiger partial charge >= 0.3 is 0 Å². The maximum atomic E-state index is 12.7. The molecule has 1 aromatic rings. The number of ether oxygens (including phenoxy) is 1. The molecule has 0 spiro atoms. The van der Waals surface area contributed by atoms with Gasteiger partial charge in [0.25, 0.3) is 5.91 Å². The molecule has 0 bridgehead atoms. The van der Waals surface area contributed by atoms with Crippen molar-refractivity contribution < 1.29 is 23.9 Å². The molecule has 1 unspecified atom stereocenters. The van der Waals surface area contributed by atoms with Gasteiger partial charge in [-0.1, -0.05) is 19.8 Å². The molecule has 4 amide bonds. The van der Waals surface area contributed by atoms with Crippen LogP contribution in [-0.4, -0.2) is 47.7 Å². The molecule has 8 heteroatoms. The van der Waals surface area contributed by atoms with Gasteiger partial charge in [-0.2, -0.15) is 0 Å². The van der Waals surface area contributed by atoms with Gasteiger partial charge in [0, 0.05) is 31.5 Å². The number of carbonyl (C=O) groups excluding carboxylic acids is 4. The van der Waals surface area contributed by atoms with Crippen molar-refractivity contribution >= 4 is 23.6 Å². The largest absolute Gasteiger partial charge is 0.494 e. The number of hydrogen-bond donors (Lipinski definition) is 2. The summed E-state index contributed by atoms with van der Waals surface area (Å²) in [5.74, 6) is -0.0763. The highest BCUT2D eigenvalue weighted by Gasteiger charge is 2.39. The molecule has 3 rings (SSSR count). The molecule has 1 saturated heterocycles. The van der Waals surface area contributed by atoms with Gasteiger partial charge in [-0.3, -0.25) is 24.5 Å². The Morgan fingerprint density at radius 2 is 2.00 bits per heavy atom. The number of hydrogen-bond acceptors (Lipinski definition) is 5. The van der Waals surface area contributed by atoms with Gasteiger partial charge in [0.1, 0.15) is 11.8 Å². The number of fused-ring (bicyclic) bond motifs is 1. The molecule has 162 valence electrons. The third-order valence-electron chi connectivity index (χ3n) is 5.48. The van der Waals surface area contributed by atoms with Crippen molar-refractivity contribution in [3.05, 3.63) is 29.3 Å². The summed E-state index contributed by atoms with van der Waals surface area (Å²) in [6, 6.07) is 4.79. The lowest BCUT2D eigenvalue weighted by Crippen LogP contribution is -2.52. The first-order chi connectivity index (χ1) is 14.5. The number of benzene rings is 1. The highest BCUT2D eigenvalue weighted by Crippen LogP contribution is 2.30. The quantitative estimate of drug-likeness (QED) is 0.449. The Kier molecular flexibility index (Phi) is 7.43. The highest BCUT2D eigenvalue weighted by atomic mass is 16.5. The Balaban J connectivity index is 1.42. The van der Waals surface area contributed by atoms with Crippen LogP contribution in [0, 0.1) is 0 Å². The zero-order valence-electron chi connectivity index (χ0n) is 17.4. The van der Waals surface area contributed by atoms with Gasteiger partial charge < -0.3 is 15.0 Å². The summed E-state index contributed by atoms with van der Waals surface area (Å²) in [4.78, 5) is 48.8. The molecule has 1 atom stereocenters. The van der Waals surface area contributed by atoms with Crippen LogP contribution < -0.4 is 15.4 Å². The maximum Gasteiger partial charge on any atom is 0.255 e. The first-order valence-corrected chi connectivity index (χ1v) is 10.7. The summed E-state index contributed by atoms with van der Waals surface area (Å²) in [7, 11) is 0. The third kappa shape index (κ3) is 5.37. The molecule has 8 nitrogen and oxygen atoms in total. The molecule has 2 aliphatic heterocycles. The third-order valence-corrected chi connectivity index (χ3v) is 5.48. The molecular weight excluding hydrogens is 386 g/mol. The molecule has 0 aromatic heterocycles. The van der Waals surface area contributed by atoms with E-state index in [-0.39, 0.29) is 24.1 Å². The van der Waals surface area contributed by atoms with E-state index >= 15 is 0 Å². The summed E-state index contributed by atoms with van der Waals surface area (Å²) < 4.78 is 5.82. The summed E-state index contributed by atoms with van der Waals surface area (Å²) >= 11 is 0. The number of amides is 4. The Bertz CT molecular complexity index is 823. The van der Waals surface area contributed by atoms with Gasteiger partial charge in [0.15, 0.2) is 0 Å². The van der Waals surface area contributed by atoms with E-state index < -0.39 is 11.9 Å². The molecule has 0 radical (unpaired) electrons. The van der Waals surface area contributed by atoms with Gasteiger partial charge in [-0.05, 0) is 43.0 Å². The summed E-state index contributed by atoms with van der Waals surface area (Å²) in [5.41, 5.74) is 1.43. The van der Waals surface area contributed by atoms with E-state index in [0.717, 1.165) is 37.8 Å². The summed E-state index contributed by atoms with van der Waals surface area (Å²) in [6.07, 6.45) is 5.06. The van der Waals surface area contributed by atoms with Crippen LogP contribution in [0.3, 0.4) is 0 Å². The lowest BCUT2D eigenvalue weighted by atomic mass is 10.0. The topological polar surface area (TPSA) is 105 Å². The van der Waals surface area contributed by atoms with Crippen LogP contribution in [0.25, 0.3) is 0 Å². The van der Waals surface area contributed by atoms with Gasteiger partial charge in [0.05, 0.1) is 6.61 Å². The molecule has 0 aliphatic carbocycles. The summed E-state index contributed by atoms with van der Waals surface area (Å²) in [5, 5.41) is 5.17. The van der Waals surface area contributed by atoms with Crippen molar-refractivity contribution in [3.63, 3.8) is 0 Å². The average Bonchev–Trinajstić information content (AvgIpc) is 3.05. The maximum absolute atomic E-state index is 12.7. The van der Waals surface area contributed by atoms with Crippen molar-refractivity contribution in [3.8, 4) is 5.75 Å². The van der Waals surface area contributed by atoms with Crippen molar-refractivity contribution in [2.75, 3.05) is 13.2 Å². The van der Waals surface area contributed by atoms with Gasteiger partial charge in [-0.25, -0.2) is 0 Å². The van der Waals surface area contributed by atoms with E-state index in [1.54, 1.807) is 12.1 Å². The number of imide groups is 1. The van der Waals surface area contributed by atoms with Crippen molar-refractivity contribution in [2.24, 2.45) is 0 Å². The number of nitrogens with one attached hydrogen (secondary N) is 2. The Hall–Kier alpha value is -2.90. The molecule has 2 aliphatic rings. The van der Waals surface area contributed by atoms with Crippen molar-refractivity contribution in [1.29, 1.82) is 0 Å². The fraction of sp³-hybridized carbons (Fsp3) is 0.545. The Morgan fingerprint density at radius 1 is 1.20 bits per heavy atom. The predicted octanol–water partition coefficient (Wildman–Crippen LogP) is 1.91. The second-order valence-electron chi connectivity index (χ2n) is 7.69. The zero-order valence-corrected chi connectivity index (χ0v) is 17.4.